The van der Waals surface area contributed by atoms with E-state index in [1.54, 1.807) is 0 Å². The molecule has 0 spiro atoms. The van der Waals surface area contributed by atoms with Gasteiger partial charge in [0.15, 0.2) is 0 Å². The predicted octanol–water partition coefficient (Wildman–Crippen LogP) is 3.41. The number of benzene rings is 1. The second-order valence-corrected chi connectivity index (χ2v) is 8.50. The number of hydrogen-bond donors (Lipinski definition) is 1. The fourth-order valence-electron chi connectivity index (χ4n) is 2.40. The summed E-state index contributed by atoms with van der Waals surface area (Å²) in [7, 11) is -0.366. The molecule has 0 aliphatic carbocycles. The van der Waals surface area contributed by atoms with Crippen molar-refractivity contribution in [1.82, 2.24) is 10.2 Å². The third kappa shape index (κ3) is 3.57. The van der Waals surface area contributed by atoms with Crippen molar-refractivity contribution in [3.63, 3.8) is 0 Å². The van der Waals surface area contributed by atoms with Gasteiger partial charge in [0.1, 0.15) is 0 Å². The molecule has 2 aromatic rings. The topological polar surface area (TPSA) is 69.4 Å². The first kappa shape index (κ1) is 18.0. The molecule has 0 bridgehead atoms. The van der Waals surface area contributed by atoms with E-state index >= 15 is 0 Å². The maximum atomic E-state index is 6.07. The Balaban J connectivity index is 1.70. The van der Waals surface area contributed by atoms with Gasteiger partial charge in [-0.2, -0.15) is 0 Å². The second kappa shape index (κ2) is 5.85. The van der Waals surface area contributed by atoms with Crippen LogP contribution in [-0.2, 0) is 14.7 Å². The standard InChI is InChI=1S/C18H26BN3O3/c1-16(2,3)14-21-22-15(23-14)20-13-10-8-12(9-11-13)19-24-17(4,5)18(6,7)25-19/h8-11H,1-7H3,(H,20,22). The molecule has 1 aromatic heterocycles. The Morgan fingerprint density at radius 3 is 1.96 bits per heavy atom. The van der Waals surface area contributed by atoms with Crippen LogP contribution in [0.2, 0.25) is 0 Å². The van der Waals surface area contributed by atoms with E-state index in [1.165, 1.54) is 0 Å². The molecular weight excluding hydrogens is 317 g/mol. The molecule has 1 fully saturated rings. The molecule has 0 atom stereocenters. The maximum Gasteiger partial charge on any atom is 0.494 e. The smallest absolute Gasteiger partial charge is 0.407 e. The van der Waals surface area contributed by atoms with Crippen molar-refractivity contribution in [2.45, 2.75) is 65.1 Å². The third-order valence-corrected chi connectivity index (χ3v) is 4.75. The largest absolute Gasteiger partial charge is 0.494 e. The minimum absolute atomic E-state index is 0.173. The summed E-state index contributed by atoms with van der Waals surface area (Å²) in [5.74, 6) is 0.601. The van der Waals surface area contributed by atoms with Crippen molar-refractivity contribution in [3.8, 4) is 0 Å². The van der Waals surface area contributed by atoms with E-state index in [-0.39, 0.29) is 23.7 Å². The Morgan fingerprint density at radius 2 is 1.48 bits per heavy atom. The van der Waals surface area contributed by atoms with Crippen molar-refractivity contribution in [2.24, 2.45) is 0 Å². The van der Waals surface area contributed by atoms with Gasteiger partial charge >= 0.3 is 13.1 Å². The van der Waals surface area contributed by atoms with Gasteiger partial charge in [-0.15, -0.1) is 5.10 Å². The van der Waals surface area contributed by atoms with E-state index in [2.05, 4.69) is 15.5 Å². The highest BCUT2D eigenvalue weighted by atomic mass is 16.7. The highest BCUT2D eigenvalue weighted by molar-refractivity contribution is 6.62. The molecular formula is C18H26BN3O3. The van der Waals surface area contributed by atoms with Crippen LogP contribution in [0.4, 0.5) is 11.7 Å². The molecule has 0 unspecified atom stereocenters. The lowest BCUT2D eigenvalue weighted by Gasteiger charge is -2.32. The second-order valence-electron chi connectivity index (χ2n) is 8.50. The average Bonchev–Trinajstić information content (AvgIpc) is 3.02. The first-order valence-corrected chi connectivity index (χ1v) is 8.55. The first-order valence-electron chi connectivity index (χ1n) is 8.55. The molecule has 1 saturated heterocycles. The normalized spacial score (nSPS) is 19.2. The van der Waals surface area contributed by atoms with Gasteiger partial charge < -0.3 is 19.0 Å². The molecule has 3 rings (SSSR count). The minimum atomic E-state index is -0.366. The SMILES string of the molecule is CC(C)(C)c1nnc(Nc2ccc(B3OC(C)(C)C(C)(C)O3)cc2)o1. The first-order chi connectivity index (χ1) is 11.5. The quantitative estimate of drug-likeness (QED) is 0.862. The third-order valence-electron chi connectivity index (χ3n) is 4.75. The van der Waals surface area contributed by atoms with E-state index in [4.69, 9.17) is 13.7 Å². The van der Waals surface area contributed by atoms with Crippen LogP contribution in [-0.4, -0.2) is 28.5 Å². The van der Waals surface area contributed by atoms with Crippen LogP contribution in [0.5, 0.6) is 0 Å². The fraction of sp³-hybridized carbons (Fsp3) is 0.556. The van der Waals surface area contributed by atoms with Gasteiger partial charge in [-0.3, -0.25) is 0 Å². The van der Waals surface area contributed by atoms with Crippen LogP contribution < -0.4 is 10.8 Å². The Kier molecular flexibility index (Phi) is 4.20. The van der Waals surface area contributed by atoms with E-state index in [0.717, 1.165) is 11.2 Å². The highest BCUT2D eigenvalue weighted by Crippen LogP contribution is 2.36. The molecule has 0 saturated carbocycles. The van der Waals surface area contributed by atoms with Gasteiger partial charge in [-0.25, -0.2) is 0 Å². The number of aromatic nitrogens is 2. The number of anilines is 2. The lowest BCUT2D eigenvalue weighted by molar-refractivity contribution is 0.00578. The van der Waals surface area contributed by atoms with Crippen molar-refractivity contribution < 1.29 is 13.7 Å². The lowest BCUT2D eigenvalue weighted by atomic mass is 9.79. The summed E-state index contributed by atoms with van der Waals surface area (Å²) < 4.78 is 17.8. The van der Waals surface area contributed by atoms with E-state index < -0.39 is 0 Å². The van der Waals surface area contributed by atoms with Crippen molar-refractivity contribution in [2.75, 3.05) is 5.32 Å². The average molecular weight is 343 g/mol. The summed E-state index contributed by atoms with van der Waals surface area (Å²) in [6.07, 6.45) is 0. The maximum absolute atomic E-state index is 6.07. The minimum Gasteiger partial charge on any atom is -0.407 e. The summed E-state index contributed by atoms with van der Waals surface area (Å²) >= 11 is 0. The molecule has 1 aliphatic heterocycles. The van der Waals surface area contributed by atoms with Gasteiger partial charge in [-0.1, -0.05) is 38.0 Å². The molecule has 25 heavy (non-hydrogen) atoms. The van der Waals surface area contributed by atoms with Crippen LogP contribution in [0.3, 0.4) is 0 Å². The van der Waals surface area contributed by atoms with Crippen molar-refractivity contribution >= 4 is 24.3 Å². The Labute approximate surface area is 149 Å². The Hall–Kier alpha value is -1.86. The van der Waals surface area contributed by atoms with Gasteiger partial charge in [0.05, 0.1) is 11.2 Å². The van der Waals surface area contributed by atoms with E-state index in [1.807, 2.05) is 72.7 Å². The van der Waals surface area contributed by atoms with Crippen molar-refractivity contribution in [3.05, 3.63) is 30.2 Å². The Bertz CT molecular complexity index is 732. The monoisotopic (exact) mass is 343 g/mol. The lowest BCUT2D eigenvalue weighted by Crippen LogP contribution is -2.41. The number of nitrogens with one attached hydrogen (secondary N) is 1. The molecule has 0 radical (unpaired) electrons. The van der Waals surface area contributed by atoms with Crippen LogP contribution >= 0.6 is 0 Å². The molecule has 2 heterocycles. The zero-order valence-corrected chi connectivity index (χ0v) is 16.0. The van der Waals surface area contributed by atoms with Gasteiger partial charge in [-0.05, 0) is 45.3 Å². The molecule has 134 valence electrons. The summed E-state index contributed by atoms with van der Waals surface area (Å²) in [5, 5.41) is 11.2. The van der Waals surface area contributed by atoms with Crippen LogP contribution in [0.25, 0.3) is 0 Å². The molecule has 0 amide bonds. The van der Waals surface area contributed by atoms with E-state index in [9.17, 15) is 0 Å². The van der Waals surface area contributed by atoms with Gasteiger partial charge in [0, 0.05) is 11.1 Å². The number of hydrogen-bond acceptors (Lipinski definition) is 6. The molecule has 1 aromatic carbocycles. The molecule has 1 N–H and O–H groups in total. The van der Waals surface area contributed by atoms with Crippen LogP contribution in [0, 0.1) is 0 Å². The fourth-order valence-corrected chi connectivity index (χ4v) is 2.40. The summed E-state index contributed by atoms with van der Waals surface area (Å²) in [6, 6.07) is 8.23. The van der Waals surface area contributed by atoms with Crippen LogP contribution in [0.1, 0.15) is 54.4 Å². The summed E-state index contributed by atoms with van der Waals surface area (Å²) in [4.78, 5) is 0. The summed E-state index contributed by atoms with van der Waals surface area (Å²) in [6.45, 7) is 14.3. The number of nitrogens with zero attached hydrogens (tertiary/aromatic N) is 2. The van der Waals surface area contributed by atoms with E-state index in [0.29, 0.717) is 11.9 Å². The van der Waals surface area contributed by atoms with Crippen molar-refractivity contribution in [1.29, 1.82) is 0 Å². The number of rotatable bonds is 3. The predicted molar refractivity (Wildman–Crippen MR) is 98.4 cm³/mol. The molecule has 1 aliphatic rings. The molecule has 7 heteroatoms. The molecule has 6 nitrogen and oxygen atoms in total. The summed E-state index contributed by atoms with van der Waals surface area (Å²) in [5.41, 5.74) is 0.978. The zero-order valence-electron chi connectivity index (χ0n) is 16.0. The Morgan fingerprint density at radius 1 is 0.920 bits per heavy atom. The van der Waals surface area contributed by atoms with Gasteiger partial charge in [0.2, 0.25) is 5.89 Å². The highest BCUT2D eigenvalue weighted by Gasteiger charge is 2.51. The van der Waals surface area contributed by atoms with Crippen LogP contribution in [0.15, 0.2) is 28.7 Å². The van der Waals surface area contributed by atoms with Gasteiger partial charge in [0.25, 0.3) is 0 Å². The zero-order chi connectivity index (χ0) is 18.5.